The van der Waals surface area contributed by atoms with E-state index < -0.39 is 18.1 Å². The van der Waals surface area contributed by atoms with Crippen LogP contribution < -0.4 is 5.32 Å². The summed E-state index contributed by atoms with van der Waals surface area (Å²) >= 11 is 0. The lowest BCUT2D eigenvalue weighted by atomic mass is 10.0. The van der Waals surface area contributed by atoms with Gasteiger partial charge in [-0.1, -0.05) is 30.3 Å². The molecule has 2 atom stereocenters. The second-order valence-electron chi connectivity index (χ2n) is 4.42. The van der Waals surface area contributed by atoms with Gasteiger partial charge < -0.3 is 19.9 Å². The first-order valence-corrected chi connectivity index (χ1v) is 6.61. The number of benzene rings is 1. The van der Waals surface area contributed by atoms with Crippen LogP contribution in [-0.2, 0) is 14.3 Å². The van der Waals surface area contributed by atoms with Crippen molar-refractivity contribution in [3.05, 3.63) is 47.4 Å². The van der Waals surface area contributed by atoms with Crippen molar-refractivity contribution >= 4 is 5.97 Å². The summed E-state index contributed by atoms with van der Waals surface area (Å²) in [6.07, 6.45) is -0.469. The molecule has 1 aliphatic rings. The number of aliphatic hydroxyl groups excluding tert-OH is 1. The molecule has 0 amide bonds. The van der Waals surface area contributed by atoms with Gasteiger partial charge in [0.2, 0.25) is 5.88 Å². The van der Waals surface area contributed by atoms with Crippen LogP contribution in [0.4, 0.5) is 0 Å². The number of hydrogen-bond acceptors (Lipinski definition) is 6. The van der Waals surface area contributed by atoms with Gasteiger partial charge in [-0.25, -0.2) is 4.79 Å². The minimum atomic E-state index is -0.743. The number of aliphatic hydroxyl groups is 1. The summed E-state index contributed by atoms with van der Waals surface area (Å²) in [5, 5.41) is 21.4. The summed E-state index contributed by atoms with van der Waals surface area (Å²) in [7, 11) is 0. The first-order chi connectivity index (χ1) is 10.2. The van der Waals surface area contributed by atoms with Crippen LogP contribution in [0.2, 0.25) is 0 Å². The number of esters is 1. The average molecular weight is 288 g/mol. The summed E-state index contributed by atoms with van der Waals surface area (Å²) in [6, 6.07) is 10.6. The lowest BCUT2D eigenvalue weighted by molar-refractivity contribution is -0.138. The smallest absolute Gasteiger partial charge is 0.354 e. The van der Waals surface area contributed by atoms with Crippen LogP contribution in [0.15, 0.2) is 41.8 Å². The Hall–Kier alpha value is -2.52. The summed E-state index contributed by atoms with van der Waals surface area (Å²) in [5.74, 6) is -0.697. The highest BCUT2D eigenvalue weighted by Gasteiger charge is 2.35. The van der Waals surface area contributed by atoms with Gasteiger partial charge in [0, 0.05) is 0 Å². The molecule has 1 heterocycles. The molecule has 0 radical (unpaired) electrons. The Balaban J connectivity index is 2.29. The van der Waals surface area contributed by atoms with Crippen LogP contribution in [0.1, 0.15) is 18.6 Å². The van der Waals surface area contributed by atoms with E-state index >= 15 is 0 Å². The van der Waals surface area contributed by atoms with Gasteiger partial charge in [0.25, 0.3) is 0 Å². The Morgan fingerprint density at radius 2 is 2.19 bits per heavy atom. The summed E-state index contributed by atoms with van der Waals surface area (Å²) in [6.45, 7) is 1.64. The van der Waals surface area contributed by atoms with Crippen LogP contribution in [0, 0.1) is 11.3 Å². The molecule has 0 bridgehead atoms. The Labute approximate surface area is 122 Å². The van der Waals surface area contributed by atoms with E-state index in [9.17, 15) is 9.90 Å². The number of ether oxygens (including phenoxy) is 2. The third kappa shape index (κ3) is 3.15. The third-order valence-corrected chi connectivity index (χ3v) is 3.07. The van der Waals surface area contributed by atoms with Gasteiger partial charge in [0.15, 0.2) is 5.57 Å². The fraction of sp³-hybridized carbons (Fsp3) is 0.333. The van der Waals surface area contributed by atoms with Crippen LogP contribution in [0.25, 0.3) is 0 Å². The van der Waals surface area contributed by atoms with Crippen molar-refractivity contribution in [1.29, 1.82) is 5.26 Å². The molecule has 1 fully saturated rings. The molecule has 2 N–H and O–H groups in total. The fourth-order valence-corrected chi connectivity index (χ4v) is 2.10. The van der Waals surface area contributed by atoms with E-state index in [4.69, 9.17) is 14.7 Å². The number of rotatable bonds is 4. The lowest BCUT2D eigenvalue weighted by Gasteiger charge is -2.15. The van der Waals surface area contributed by atoms with Crippen molar-refractivity contribution in [1.82, 2.24) is 5.32 Å². The SMILES string of the molecule is CCOC(=O)/C(C#N)=C1\N[C@@H](CO)[C@@H](c2ccccc2)O1. The van der Waals surface area contributed by atoms with Crippen LogP contribution in [0.5, 0.6) is 0 Å². The topological polar surface area (TPSA) is 91.6 Å². The molecule has 0 aromatic heterocycles. The number of nitrogens with one attached hydrogen (secondary N) is 1. The van der Waals surface area contributed by atoms with Crippen molar-refractivity contribution in [2.75, 3.05) is 13.2 Å². The highest BCUT2D eigenvalue weighted by molar-refractivity contribution is 5.93. The van der Waals surface area contributed by atoms with Gasteiger partial charge in [-0.15, -0.1) is 0 Å². The molecular weight excluding hydrogens is 272 g/mol. The number of hydrogen-bond donors (Lipinski definition) is 2. The van der Waals surface area contributed by atoms with E-state index in [1.807, 2.05) is 30.3 Å². The van der Waals surface area contributed by atoms with Gasteiger partial charge in [-0.05, 0) is 12.5 Å². The number of nitrogens with zero attached hydrogens (tertiary/aromatic N) is 1. The highest BCUT2D eigenvalue weighted by Crippen LogP contribution is 2.31. The molecule has 1 saturated heterocycles. The first-order valence-electron chi connectivity index (χ1n) is 6.61. The monoisotopic (exact) mass is 288 g/mol. The van der Waals surface area contributed by atoms with E-state index in [-0.39, 0.29) is 24.7 Å². The molecule has 6 heteroatoms. The van der Waals surface area contributed by atoms with E-state index in [0.29, 0.717) is 0 Å². The molecule has 1 aliphatic heterocycles. The molecule has 1 aromatic carbocycles. The van der Waals surface area contributed by atoms with Crippen LogP contribution >= 0.6 is 0 Å². The minimum absolute atomic E-state index is 0.0452. The second-order valence-corrected chi connectivity index (χ2v) is 4.42. The lowest BCUT2D eigenvalue weighted by Crippen LogP contribution is -2.29. The summed E-state index contributed by atoms with van der Waals surface area (Å²) in [4.78, 5) is 11.7. The molecule has 6 nitrogen and oxygen atoms in total. The molecule has 0 aliphatic carbocycles. The number of carbonyl (C=O) groups excluding carboxylic acids is 1. The second kappa shape index (κ2) is 6.77. The largest absolute Gasteiger partial charge is 0.468 e. The summed E-state index contributed by atoms with van der Waals surface area (Å²) in [5.41, 5.74) is 0.619. The Morgan fingerprint density at radius 1 is 1.48 bits per heavy atom. The summed E-state index contributed by atoms with van der Waals surface area (Å²) < 4.78 is 10.5. The predicted molar refractivity (Wildman–Crippen MR) is 73.5 cm³/mol. The van der Waals surface area contributed by atoms with Gasteiger partial charge in [-0.2, -0.15) is 5.26 Å². The minimum Gasteiger partial charge on any atom is -0.468 e. The molecule has 21 heavy (non-hydrogen) atoms. The maximum absolute atomic E-state index is 11.7. The van der Waals surface area contributed by atoms with E-state index in [1.54, 1.807) is 13.0 Å². The standard InChI is InChI=1S/C15H16N2O4/c1-2-20-15(19)11(8-16)14-17-12(9-18)13(21-14)10-6-4-3-5-7-10/h3-7,12-13,17-18H,2,9H2,1H3/b14-11+/t12-,13+/m0/s1. The van der Waals surface area contributed by atoms with E-state index in [1.165, 1.54) is 0 Å². The molecule has 0 saturated carbocycles. The zero-order valence-corrected chi connectivity index (χ0v) is 11.6. The van der Waals surface area contributed by atoms with Crippen molar-refractivity contribution in [3.63, 3.8) is 0 Å². The molecule has 0 unspecified atom stereocenters. The quantitative estimate of drug-likeness (QED) is 0.488. The van der Waals surface area contributed by atoms with Crippen LogP contribution in [-0.4, -0.2) is 30.3 Å². The van der Waals surface area contributed by atoms with Crippen LogP contribution in [0.3, 0.4) is 0 Å². The maximum atomic E-state index is 11.7. The van der Waals surface area contributed by atoms with Crippen molar-refractivity contribution in [2.24, 2.45) is 0 Å². The van der Waals surface area contributed by atoms with Crippen molar-refractivity contribution in [3.8, 4) is 6.07 Å². The molecular formula is C15H16N2O4. The maximum Gasteiger partial charge on any atom is 0.354 e. The molecule has 110 valence electrons. The first kappa shape index (κ1) is 14.9. The predicted octanol–water partition coefficient (Wildman–Crippen LogP) is 1.01. The Morgan fingerprint density at radius 3 is 2.76 bits per heavy atom. The zero-order valence-electron chi connectivity index (χ0n) is 11.6. The van der Waals surface area contributed by atoms with Crippen molar-refractivity contribution in [2.45, 2.75) is 19.1 Å². The van der Waals surface area contributed by atoms with E-state index in [2.05, 4.69) is 5.32 Å². The van der Waals surface area contributed by atoms with E-state index in [0.717, 1.165) is 5.56 Å². The highest BCUT2D eigenvalue weighted by atomic mass is 16.5. The fourth-order valence-electron chi connectivity index (χ4n) is 2.10. The Kier molecular flexibility index (Phi) is 4.80. The molecule has 0 spiro atoms. The normalized spacial score (nSPS) is 22.7. The molecule has 2 rings (SSSR count). The van der Waals surface area contributed by atoms with Gasteiger partial charge >= 0.3 is 5.97 Å². The van der Waals surface area contributed by atoms with Gasteiger partial charge in [0.05, 0.1) is 19.3 Å². The number of nitriles is 1. The third-order valence-electron chi connectivity index (χ3n) is 3.07. The average Bonchev–Trinajstić information content (AvgIpc) is 2.93. The zero-order chi connectivity index (χ0) is 15.2. The van der Waals surface area contributed by atoms with Crippen molar-refractivity contribution < 1.29 is 19.4 Å². The number of carbonyl (C=O) groups is 1. The van der Waals surface area contributed by atoms with Gasteiger partial charge in [0.1, 0.15) is 12.2 Å². The van der Waals surface area contributed by atoms with Gasteiger partial charge in [-0.3, -0.25) is 0 Å². The molecule has 1 aromatic rings. The Bertz CT molecular complexity index is 577.